The van der Waals surface area contributed by atoms with E-state index in [0.29, 0.717) is 17.9 Å². The van der Waals surface area contributed by atoms with Gasteiger partial charge in [0, 0.05) is 6.54 Å². The smallest absolute Gasteiger partial charge is 0.491 e. The lowest BCUT2D eigenvalue weighted by Crippen LogP contribution is -2.41. The largest absolute Gasteiger partial charge is 0.496 e. The molecule has 130 valence electrons. The summed E-state index contributed by atoms with van der Waals surface area (Å²) < 4.78 is 17.5. The average Bonchev–Trinajstić information content (AvgIpc) is 2.74. The Balaban J connectivity index is 2.34. The third-order valence-electron chi connectivity index (χ3n) is 4.67. The highest BCUT2D eigenvalue weighted by molar-refractivity contribution is 6.55. The summed E-state index contributed by atoms with van der Waals surface area (Å²) in [6, 6.07) is 5.47. The number of rotatable bonds is 6. The van der Waals surface area contributed by atoms with E-state index in [1.54, 1.807) is 13.2 Å². The second-order valence-corrected chi connectivity index (χ2v) is 6.96. The van der Waals surface area contributed by atoms with Gasteiger partial charge in [-0.2, -0.15) is 0 Å². The molecule has 1 saturated heterocycles. The normalized spacial score (nSPS) is 19.4. The zero-order chi connectivity index (χ0) is 18.0. The van der Waals surface area contributed by atoms with Crippen LogP contribution in [-0.2, 0) is 9.31 Å². The molecular weight excluding hydrogens is 305 g/mol. The lowest BCUT2D eigenvalue weighted by atomic mass is 9.77. The molecule has 0 unspecified atom stereocenters. The van der Waals surface area contributed by atoms with Gasteiger partial charge in [0.15, 0.2) is 6.29 Å². The molecule has 0 saturated carbocycles. The van der Waals surface area contributed by atoms with Crippen molar-refractivity contribution in [1.82, 2.24) is 5.32 Å². The number of carbonyl (C=O) groups is 1. The van der Waals surface area contributed by atoms with Crippen LogP contribution in [0.3, 0.4) is 0 Å². The molecule has 24 heavy (non-hydrogen) atoms. The fourth-order valence-electron chi connectivity index (χ4n) is 2.53. The van der Waals surface area contributed by atoms with E-state index in [9.17, 15) is 4.79 Å². The number of hydrogen-bond donors (Lipinski definition) is 1. The van der Waals surface area contributed by atoms with Gasteiger partial charge in [0.05, 0.1) is 23.9 Å². The summed E-state index contributed by atoms with van der Waals surface area (Å²) in [5, 5.41) is 3.16. The third-order valence-corrected chi connectivity index (χ3v) is 4.67. The number of hydrogen-bond acceptors (Lipinski definition) is 5. The zero-order valence-electron chi connectivity index (χ0n) is 15.3. The van der Waals surface area contributed by atoms with Gasteiger partial charge in [0.1, 0.15) is 5.75 Å². The molecule has 2 rings (SSSR count). The first kappa shape index (κ1) is 18.7. The first-order valence-electron chi connectivity index (χ1n) is 8.08. The molecule has 1 N–H and O–H groups in total. The lowest BCUT2D eigenvalue weighted by molar-refractivity contribution is 0.00578. The van der Waals surface area contributed by atoms with E-state index in [1.165, 1.54) is 0 Å². The fraction of sp³-hybridized carbons (Fsp3) is 0.500. The minimum atomic E-state index is -0.417. The van der Waals surface area contributed by atoms with Crippen LogP contribution in [0.25, 0.3) is 6.08 Å². The molecule has 5 nitrogen and oxygen atoms in total. The standard InChI is InChI=1S/C18H26BNO4/c1-17(2)18(3,4)24-19(23-17)15(11-20-5)9-13-7-8-14(12-21)16(10-13)22-6/h7-10,12,20H,11H2,1-6H3. The van der Waals surface area contributed by atoms with Crippen LogP contribution in [0, 0.1) is 0 Å². The monoisotopic (exact) mass is 331 g/mol. The van der Waals surface area contributed by atoms with Crippen molar-refractivity contribution in [2.24, 2.45) is 0 Å². The molecule has 6 heteroatoms. The Bertz CT molecular complexity index is 624. The topological polar surface area (TPSA) is 56.8 Å². The molecule has 0 atom stereocenters. The van der Waals surface area contributed by atoms with Crippen LogP contribution in [0.4, 0.5) is 0 Å². The molecular formula is C18H26BNO4. The van der Waals surface area contributed by atoms with Crippen LogP contribution in [0.1, 0.15) is 43.6 Å². The molecule has 0 spiro atoms. The van der Waals surface area contributed by atoms with E-state index in [-0.39, 0.29) is 11.2 Å². The first-order chi connectivity index (χ1) is 11.2. The Morgan fingerprint density at radius 2 is 1.88 bits per heavy atom. The van der Waals surface area contributed by atoms with Crippen molar-refractivity contribution >= 4 is 19.5 Å². The van der Waals surface area contributed by atoms with Gasteiger partial charge in [-0.05, 0) is 57.9 Å². The number of methoxy groups -OCH3 is 1. The second-order valence-electron chi connectivity index (χ2n) is 6.96. The molecule has 0 aromatic heterocycles. The van der Waals surface area contributed by atoms with Gasteiger partial charge in [-0.25, -0.2) is 0 Å². The van der Waals surface area contributed by atoms with E-state index < -0.39 is 7.12 Å². The summed E-state index contributed by atoms with van der Waals surface area (Å²) >= 11 is 0. The quantitative estimate of drug-likeness (QED) is 0.642. The Morgan fingerprint density at radius 1 is 1.25 bits per heavy atom. The van der Waals surface area contributed by atoms with E-state index in [1.807, 2.05) is 53.0 Å². The van der Waals surface area contributed by atoms with E-state index in [2.05, 4.69) is 5.32 Å². The number of nitrogens with one attached hydrogen (secondary N) is 1. The maximum absolute atomic E-state index is 11.0. The first-order valence-corrected chi connectivity index (χ1v) is 8.08. The van der Waals surface area contributed by atoms with Crippen LogP contribution >= 0.6 is 0 Å². The number of carbonyl (C=O) groups excluding carboxylic acids is 1. The van der Waals surface area contributed by atoms with Gasteiger partial charge in [-0.3, -0.25) is 4.79 Å². The summed E-state index contributed by atoms with van der Waals surface area (Å²) in [5.74, 6) is 0.552. The predicted molar refractivity (Wildman–Crippen MR) is 96.4 cm³/mol. The molecule has 0 amide bonds. The van der Waals surface area contributed by atoms with Crippen molar-refractivity contribution in [3.05, 3.63) is 34.8 Å². The summed E-state index contributed by atoms with van der Waals surface area (Å²) in [4.78, 5) is 11.0. The van der Waals surface area contributed by atoms with E-state index in [0.717, 1.165) is 17.3 Å². The maximum Gasteiger partial charge on any atom is 0.491 e. The van der Waals surface area contributed by atoms with Crippen molar-refractivity contribution in [3.8, 4) is 5.75 Å². The summed E-state index contributed by atoms with van der Waals surface area (Å²) in [5.41, 5.74) is 1.67. The molecule has 0 bridgehead atoms. The Kier molecular flexibility index (Phi) is 5.53. The van der Waals surface area contributed by atoms with Crippen LogP contribution in [0.15, 0.2) is 23.7 Å². The van der Waals surface area contributed by atoms with Gasteiger partial charge in [0.2, 0.25) is 0 Å². The Labute approximate surface area is 144 Å². The van der Waals surface area contributed by atoms with Gasteiger partial charge in [-0.15, -0.1) is 0 Å². The molecule has 1 heterocycles. The SMILES string of the molecule is CNCC(=Cc1ccc(C=O)c(OC)c1)B1OC(C)(C)C(C)(C)O1. The highest BCUT2D eigenvalue weighted by atomic mass is 16.7. The molecule has 1 fully saturated rings. The molecule has 1 aliphatic rings. The number of likely N-dealkylation sites (N-methyl/N-ethyl adjacent to an activating group) is 1. The predicted octanol–water partition coefficient (Wildman–Crippen LogP) is 2.74. The molecule has 1 aliphatic heterocycles. The van der Waals surface area contributed by atoms with Gasteiger partial charge in [0.25, 0.3) is 0 Å². The number of benzene rings is 1. The lowest BCUT2D eigenvalue weighted by Gasteiger charge is -2.32. The minimum absolute atomic E-state index is 0.385. The summed E-state index contributed by atoms with van der Waals surface area (Å²) in [6.45, 7) is 8.77. The molecule has 1 aromatic rings. The van der Waals surface area contributed by atoms with Crippen LogP contribution in [0.2, 0.25) is 0 Å². The van der Waals surface area contributed by atoms with Crippen molar-refractivity contribution < 1.29 is 18.8 Å². The molecule has 0 radical (unpaired) electrons. The summed E-state index contributed by atoms with van der Waals surface area (Å²) in [6.07, 6.45) is 2.80. The van der Waals surface area contributed by atoms with Gasteiger partial charge < -0.3 is 19.4 Å². The fourth-order valence-corrected chi connectivity index (χ4v) is 2.53. The van der Waals surface area contributed by atoms with Crippen LogP contribution in [0.5, 0.6) is 5.75 Å². The second kappa shape index (κ2) is 7.09. The maximum atomic E-state index is 11.0. The van der Waals surface area contributed by atoms with Gasteiger partial charge >= 0.3 is 7.12 Å². The van der Waals surface area contributed by atoms with Crippen molar-refractivity contribution in [3.63, 3.8) is 0 Å². The van der Waals surface area contributed by atoms with Crippen LogP contribution in [-0.4, -0.2) is 45.3 Å². The zero-order valence-corrected chi connectivity index (χ0v) is 15.3. The average molecular weight is 331 g/mol. The highest BCUT2D eigenvalue weighted by Crippen LogP contribution is 2.38. The van der Waals surface area contributed by atoms with E-state index >= 15 is 0 Å². The Hall–Kier alpha value is -1.63. The third kappa shape index (κ3) is 3.71. The van der Waals surface area contributed by atoms with Crippen molar-refractivity contribution in [2.75, 3.05) is 20.7 Å². The highest BCUT2D eigenvalue weighted by Gasteiger charge is 2.52. The Morgan fingerprint density at radius 3 is 2.38 bits per heavy atom. The number of ether oxygens (including phenoxy) is 1. The molecule has 1 aromatic carbocycles. The van der Waals surface area contributed by atoms with Gasteiger partial charge in [-0.1, -0.05) is 12.1 Å². The van der Waals surface area contributed by atoms with E-state index in [4.69, 9.17) is 14.0 Å². The van der Waals surface area contributed by atoms with Crippen LogP contribution < -0.4 is 10.1 Å². The van der Waals surface area contributed by atoms with Crippen molar-refractivity contribution in [2.45, 2.75) is 38.9 Å². The molecule has 0 aliphatic carbocycles. The van der Waals surface area contributed by atoms with Crippen molar-refractivity contribution in [1.29, 1.82) is 0 Å². The minimum Gasteiger partial charge on any atom is -0.496 e. The number of aldehydes is 1. The summed E-state index contributed by atoms with van der Waals surface area (Å²) in [7, 11) is 3.02.